The second-order valence-corrected chi connectivity index (χ2v) is 7.58. The molecule has 3 rings (SSSR count). The Hall–Kier alpha value is -2.36. The van der Waals surface area contributed by atoms with Crippen LogP contribution in [0.3, 0.4) is 0 Å². The lowest BCUT2D eigenvalue weighted by Crippen LogP contribution is -2.65. The van der Waals surface area contributed by atoms with Crippen LogP contribution in [0.2, 0.25) is 5.15 Å². The molecule has 2 N–H and O–H groups in total. The minimum absolute atomic E-state index is 0.00560. The monoisotopic (exact) mass is 500 g/mol. The summed E-state index contributed by atoms with van der Waals surface area (Å²) >= 11 is 5.87. The number of esters is 1. The van der Waals surface area contributed by atoms with Gasteiger partial charge in [0.1, 0.15) is 11.7 Å². The second kappa shape index (κ2) is 14.8. The van der Waals surface area contributed by atoms with Crippen molar-refractivity contribution in [2.75, 3.05) is 25.1 Å². The number of piperidine rings is 1. The number of benzene rings is 1. The van der Waals surface area contributed by atoms with Crippen LogP contribution in [0.5, 0.6) is 0 Å². The van der Waals surface area contributed by atoms with Crippen LogP contribution in [0.25, 0.3) is 0 Å². The molecule has 2 heterocycles. The molecular formula is C24H35ClF2N4O3. The zero-order valence-electron chi connectivity index (χ0n) is 20.4. The molecule has 0 saturated carbocycles. The van der Waals surface area contributed by atoms with Gasteiger partial charge < -0.3 is 20.1 Å². The fraction of sp³-hybridized carbons (Fsp3) is 0.542. The summed E-state index contributed by atoms with van der Waals surface area (Å²) in [5, 5.41) is 21.4. The molecule has 1 aliphatic rings. The maximum atomic E-state index is 13.6. The maximum Gasteiger partial charge on any atom is 0.341 e. The first-order valence-corrected chi connectivity index (χ1v) is 11.9. The number of nitrogens with one attached hydrogen (secondary N) is 1. The highest BCUT2D eigenvalue weighted by atomic mass is 35.5. The number of alkyl halides is 2. The molecule has 1 saturated heterocycles. The first-order valence-electron chi connectivity index (χ1n) is 11.5. The summed E-state index contributed by atoms with van der Waals surface area (Å²) in [6, 6.07) is 10.6. The molecule has 0 spiro atoms. The highest BCUT2D eigenvalue weighted by Crippen LogP contribution is 2.32. The summed E-state index contributed by atoms with van der Waals surface area (Å²) in [6.45, 7) is 8.76. The van der Waals surface area contributed by atoms with Crippen LogP contribution in [0.4, 0.5) is 14.6 Å². The summed E-state index contributed by atoms with van der Waals surface area (Å²) in [7, 11) is 1.23. The van der Waals surface area contributed by atoms with Gasteiger partial charge in [0.05, 0.1) is 12.6 Å². The van der Waals surface area contributed by atoms with Crippen LogP contribution >= 0.6 is 11.6 Å². The van der Waals surface area contributed by atoms with Crippen LogP contribution in [0, 0.1) is 0 Å². The van der Waals surface area contributed by atoms with Crippen molar-refractivity contribution in [2.24, 2.45) is 0 Å². The summed E-state index contributed by atoms with van der Waals surface area (Å²) < 4.78 is 32.0. The fourth-order valence-corrected chi connectivity index (χ4v) is 3.87. The number of methoxy groups -OCH3 is 1. The lowest BCUT2D eigenvalue weighted by atomic mass is 9.83. The van der Waals surface area contributed by atoms with Crippen molar-refractivity contribution in [3.8, 4) is 0 Å². The highest BCUT2D eigenvalue weighted by Gasteiger charge is 2.46. The molecule has 1 aliphatic heterocycles. The summed E-state index contributed by atoms with van der Waals surface area (Å²) in [6.07, 6.45) is -4.03. The molecule has 1 aromatic heterocycles. The molecular weight excluding hydrogens is 466 g/mol. The zero-order valence-corrected chi connectivity index (χ0v) is 21.1. The molecule has 0 radical (unpaired) electrons. The van der Waals surface area contributed by atoms with E-state index in [4.69, 9.17) is 16.3 Å². The number of nitrogens with zero attached hydrogens (tertiary/aromatic N) is 3. The predicted octanol–water partition coefficient (Wildman–Crippen LogP) is 4.72. The van der Waals surface area contributed by atoms with Crippen molar-refractivity contribution in [1.82, 2.24) is 15.5 Å². The van der Waals surface area contributed by atoms with E-state index in [2.05, 4.69) is 15.5 Å². The van der Waals surface area contributed by atoms with Crippen molar-refractivity contribution in [3.63, 3.8) is 0 Å². The third kappa shape index (κ3) is 7.58. The number of rotatable bonds is 7. The van der Waals surface area contributed by atoms with Gasteiger partial charge in [0.15, 0.2) is 11.0 Å². The quantitative estimate of drug-likeness (QED) is 0.531. The Morgan fingerprint density at radius 2 is 1.88 bits per heavy atom. The van der Waals surface area contributed by atoms with Crippen LogP contribution in [-0.2, 0) is 11.3 Å². The minimum Gasteiger partial charge on any atom is -0.465 e. The first kappa shape index (κ1) is 29.7. The molecule has 1 aromatic carbocycles. The molecule has 190 valence electrons. The van der Waals surface area contributed by atoms with Crippen molar-refractivity contribution >= 4 is 23.4 Å². The Balaban J connectivity index is 0.00000137. The fourth-order valence-electron chi connectivity index (χ4n) is 3.73. The van der Waals surface area contributed by atoms with Crippen LogP contribution in [-0.4, -0.2) is 59.5 Å². The predicted molar refractivity (Wildman–Crippen MR) is 131 cm³/mol. The van der Waals surface area contributed by atoms with E-state index in [1.54, 1.807) is 4.90 Å². The Kier molecular flexibility index (Phi) is 12.9. The largest absolute Gasteiger partial charge is 0.465 e. The Labute approximate surface area is 205 Å². The van der Waals surface area contributed by atoms with Crippen molar-refractivity contribution in [2.45, 2.75) is 65.1 Å². The normalized spacial score (nSPS) is 18.2. The Morgan fingerprint density at radius 3 is 2.47 bits per heavy atom. The molecule has 34 heavy (non-hydrogen) atoms. The standard InChI is InChI=1S/C20H23ClF2N4O3.2C2H6/c1-30-19(29)14-10-15(21)25-26-18(14)27-9-5-8-20(12-27,16(28)17(22)23)24-11-13-6-3-2-4-7-13;2*1-2/h2-4,6-7,10,16-17,24,28H,5,8-9,11-12H2,1H3;2*1-2H3. The number of carbonyl (C=O) groups excluding carboxylic acids is 1. The number of halogens is 3. The number of hydrogen-bond donors (Lipinski definition) is 2. The van der Waals surface area contributed by atoms with E-state index in [0.29, 0.717) is 25.9 Å². The number of aliphatic hydroxyl groups is 1. The van der Waals surface area contributed by atoms with Crippen LogP contribution in [0.15, 0.2) is 36.4 Å². The van der Waals surface area contributed by atoms with Gasteiger partial charge in [-0.3, -0.25) is 0 Å². The van der Waals surface area contributed by atoms with Gasteiger partial charge in [-0.1, -0.05) is 69.6 Å². The molecule has 10 heteroatoms. The van der Waals surface area contributed by atoms with E-state index < -0.39 is 24.0 Å². The van der Waals surface area contributed by atoms with Crippen LogP contribution < -0.4 is 10.2 Å². The van der Waals surface area contributed by atoms with Gasteiger partial charge in [-0.2, -0.15) is 0 Å². The smallest absolute Gasteiger partial charge is 0.341 e. The zero-order chi connectivity index (χ0) is 25.7. The average molecular weight is 501 g/mol. The van der Waals surface area contributed by atoms with Gasteiger partial charge in [-0.25, -0.2) is 13.6 Å². The lowest BCUT2D eigenvalue weighted by Gasteiger charge is -2.46. The minimum atomic E-state index is -2.94. The average Bonchev–Trinajstić information content (AvgIpc) is 2.89. The van der Waals surface area contributed by atoms with Crippen molar-refractivity contribution in [1.29, 1.82) is 0 Å². The summed E-state index contributed by atoms with van der Waals surface area (Å²) in [5.74, 6) is -0.483. The number of aromatic nitrogens is 2. The second-order valence-electron chi connectivity index (χ2n) is 7.20. The highest BCUT2D eigenvalue weighted by molar-refractivity contribution is 6.29. The number of hydrogen-bond acceptors (Lipinski definition) is 7. The molecule has 0 aliphatic carbocycles. The van der Waals surface area contributed by atoms with Crippen molar-refractivity contribution < 1.29 is 23.4 Å². The summed E-state index contributed by atoms with van der Waals surface area (Å²) in [5.41, 5.74) is -0.323. The number of aliphatic hydroxyl groups excluding tert-OH is 1. The number of ether oxygens (including phenoxy) is 1. The van der Waals surface area contributed by atoms with Gasteiger partial charge in [0.25, 0.3) is 6.43 Å². The lowest BCUT2D eigenvalue weighted by molar-refractivity contribution is -0.0658. The first-order chi connectivity index (χ1) is 16.4. The van der Waals surface area contributed by atoms with Gasteiger partial charge >= 0.3 is 5.97 Å². The van der Waals surface area contributed by atoms with Gasteiger partial charge in [0.2, 0.25) is 0 Å². The van der Waals surface area contributed by atoms with Crippen LogP contribution in [0.1, 0.15) is 56.5 Å². The number of carbonyl (C=O) groups is 1. The molecule has 7 nitrogen and oxygen atoms in total. The van der Waals surface area contributed by atoms with Gasteiger partial charge in [-0.05, 0) is 24.5 Å². The van der Waals surface area contributed by atoms with E-state index in [1.807, 2.05) is 58.0 Å². The van der Waals surface area contributed by atoms with Gasteiger partial charge in [0, 0.05) is 19.6 Å². The molecule has 0 bridgehead atoms. The van der Waals surface area contributed by atoms with Crippen molar-refractivity contribution in [3.05, 3.63) is 52.7 Å². The SMILES string of the molecule is CC.CC.COC(=O)c1cc(Cl)nnc1N1CCCC(NCc2ccccc2)(C(O)C(F)F)C1. The summed E-state index contributed by atoms with van der Waals surface area (Å²) in [4.78, 5) is 13.8. The molecule has 2 aromatic rings. The van der Waals surface area contributed by atoms with E-state index in [1.165, 1.54) is 13.2 Å². The third-order valence-corrected chi connectivity index (χ3v) is 5.45. The molecule has 2 unspecified atom stereocenters. The Bertz CT molecular complexity index is 877. The van der Waals surface area contributed by atoms with E-state index in [-0.39, 0.29) is 23.1 Å². The molecule has 0 amide bonds. The third-order valence-electron chi connectivity index (χ3n) is 5.27. The maximum absolute atomic E-state index is 13.6. The molecule has 2 atom stereocenters. The van der Waals surface area contributed by atoms with E-state index in [9.17, 15) is 18.7 Å². The molecule has 1 fully saturated rings. The van der Waals surface area contributed by atoms with Gasteiger partial charge in [-0.15, -0.1) is 10.2 Å². The Morgan fingerprint density at radius 1 is 1.24 bits per heavy atom. The van der Waals surface area contributed by atoms with E-state index >= 15 is 0 Å². The topological polar surface area (TPSA) is 87.6 Å². The van der Waals surface area contributed by atoms with E-state index in [0.717, 1.165) is 5.56 Å². The number of anilines is 1.